The van der Waals surface area contributed by atoms with E-state index in [4.69, 9.17) is 0 Å². The Bertz CT molecular complexity index is 842. The van der Waals surface area contributed by atoms with Crippen molar-refractivity contribution in [1.82, 2.24) is 15.1 Å². The number of nitrogens with one attached hydrogen (secondary N) is 1. The number of anilines is 2. The van der Waals surface area contributed by atoms with Crippen LogP contribution in [0.3, 0.4) is 0 Å². The minimum Gasteiger partial charge on any atom is -0.353 e. The Kier molecular flexibility index (Phi) is 5.40. The van der Waals surface area contributed by atoms with Crippen LogP contribution in [-0.4, -0.2) is 53.7 Å². The van der Waals surface area contributed by atoms with Crippen molar-refractivity contribution < 1.29 is 18.0 Å². The zero-order valence-electron chi connectivity index (χ0n) is 15.8. The Balaban J connectivity index is 1.24. The molecule has 0 unspecified atom stereocenters. The van der Waals surface area contributed by atoms with E-state index in [1.807, 2.05) is 17.0 Å². The Morgan fingerprint density at radius 1 is 1.00 bits per heavy atom. The van der Waals surface area contributed by atoms with Crippen molar-refractivity contribution in [1.29, 1.82) is 0 Å². The van der Waals surface area contributed by atoms with Gasteiger partial charge < -0.3 is 10.2 Å². The molecule has 4 rings (SSSR count). The third-order valence-electron chi connectivity index (χ3n) is 5.23. The highest BCUT2D eigenvalue weighted by atomic mass is 19.4. The Labute approximate surface area is 166 Å². The molecule has 9 heteroatoms. The number of alkyl halides is 3. The van der Waals surface area contributed by atoms with Crippen molar-refractivity contribution in [3.05, 3.63) is 47.7 Å². The molecule has 2 aliphatic rings. The van der Waals surface area contributed by atoms with Crippen molar-refractivity contribution in [3.8, 4) is 0 Å². The number of hydrogen-bond acceptors (Lipinski definition) is 5. The maximum atomic E-state index is 12.6. The molecule has 1 saturated heterocycles. The fourth-order valence-corrected chi connectivity index (χ4v) is 3.38. The maximum absolute atomic E-state index is 12.6. The van der Waals surface area contributed by atoms with Gasteiger partial charge in [0, 0.05) is 37.8 Å². The average Bonchev–Trinajstić information content (AvgIpc) is 3.54. The molecule has 154 valence electrons. The lowest BCUT2D eigenvalue weighted by Crippen LogP contribution is -2.49. The average molecular weight is 405 g/mol. The van der Waals surface area contributed by atoms with Gasteiger partial charge in [-0.1, -0.05) is 0 Å². The van der Waals surface area contributed by atoms with E-state index in [-0.39, 0.29) is 12.5 Å². The van der Waals surface area contributed by atoms with Crippen molar-refractivity contribution >= 4 is 17.4 Å². The van der Waals surface area contributed by atoms with Crippen LogP contribution in [0.1, 0.15) is 30.0 Å². The van der Waals surface area contributed by atoms with Crippen molar-refractivity contribution in [3.63, 3.8) is 0 Å². The summed E-state index contributed by atoms with van der Waals surface area (Å²) in [5.74, 6) is 1.19. The summed E-state index contributed by atoms with van der Waals surface area (Å²) in [6.07, 6.45) is -1.99. The van der Waals surface area contributed by atoms with Crippen LogP contribution in [0.4, 0.5) is 24.7 Å². The van der Waals surface area contributed by atoms with Gasteiger partial charge in [-0.05, 0) is 49.2 Å². The molecule has 1 aliphatic heterocycles. The first kappa shape index (κ1) is 19.6. The van der Waals surface area contributed by atoms with Gasteiger partial charge in [-0.2, -0.15) is 18.3 Å². The molecule has 29 heavy (non-hydrogen) atoms. The quantitative estimate of drug-likeness (QED) is 0.828. The summed E-state index contributed by atoms with van der Waals surface area (Å²) in [5, 5.41) is 11.3. The first-order valence-electron chi connectivity index (χ1n) is 9.66. The van der Waals surface area contributed by atoms with Gasteiger partial charge in [0.1, 0.15) is 0 Å². The molecular weight excluding hydrogens is 383 g/mol. The van der Waals surface area contributed by atoms with Crippen LogP contribution < -0.4 is 10.2 Å². The number of rotatable bonds is 5. The number of amides is 1. The van der Waals surface area contributed by atoms with Crippen LogP contribution in [0.5, 0.6) is 0 Å². The molecule has 2 fully saturated rings. The lowest BCUT2D eigenvalue weighted by Gasteiger charge is -2.34. The Morgan fingerprint density at radius 2 is 1.69 bits per heavy atom. The smallest absolute Gasteiger partial charge is 0.353 e. The van der Waals surface area contributed by atoms with Crippen LogP contribution in [0.2, 0.25) is 0 Å². The second-order valence-corrected chi connectivity index (χ2v) is 7.48. The monoisotopic (exact) mass is 405 g/mol. The van der Waals surface area contributed by atoms with Gasteiger partial charge >= 0.3 is 6.18 Å². The van der Waals surface area contributed by atoms with Crippen LogP contribution in [0.25, 0.3) is 0 Å². The summed E-state index contributed by atoms with van der Waals surface area (Å²) < 4.78 is 37.8. The minimum absolute atomic E-state index is 0.196. The first-order chi connectivity index (χ1) is 13.9. The molecule has 1 aromatic carbocycles. The number of halogens is 3. The second kappa shape index (κ2) is 7.98. The standard InChI is InChI=1S/C20H22F3N5O/c21-20(22,23)15-3-5-16(6-4-15)24-19(29)13-27-9-11-28(12-10-27)18-8-7-17(25-26-18)14-1-2-14/h3-8,14H,1-2,9-13H2,(H,24,29). The van der Waals surface area contributed by atoms with E-state index in [2.05, 4.69) is 20.4 Å². The molecule has 6 nitrogen and oxygen atoms in total. The number of aromatic nitrogens is 2. The summed E-state index contributed by atoms with van der Waals surface area (Å²) in [4.78, 5) is 16.4. The number of hydrogen-bond donors (Lipinski definition) is 1. The molecule has 0 spiro atoms. The Morgan fingerprint density at radius 3 is 2.24 bits per heavy atom. The third-order valence-corrected chi connectivity index (χ3v) is 5.23. The van der Waals surface area contributed by atoms with E-state index in [0.29, 0.717) is 24.7 Å². The van der Waals surface area contributed by atoms with E-state index < -0.39 is 11.7 Å². The fraction of sp³-hybridized carbons (Fsp3) is 0.450. The summed E-state index contributed by atoms with van der Waals surface area (Å²) in [6, 6.07) is 8.51. The Hall–Kier alpha value is -2.68. The predicted octanol–water partition coefficient (Wildman–Crippen LogP) is 3.13. The van der Waals surface area contributed by atoms with Crippen molar-refractivity contribution in [2.45, 2.75) is 24.9 Å². The molecular formula is C20H22F3N5O. The zero-order valence-corrected chi connectivity index (χ0v) is 15.8. The summed E-state index contributed by atoms with van der Waals surface area (Å²) >= 11 is 0. The fourth-order valence-electron chi connectivity index (χ4n) is 3.38. The number of piperazine rings is 1. The normalized spacial score (nSPS) is 18.0. The van der Waals surface area contributed by atoms with Gasteiger partial charge in [-0.3, -0.25) is 9.69 Å². The first-order valence-corrected chi connectivity index (χ1v) is 9.66. The SMILES string of the molecule is O=C(CN1CCN(c2ccc(C3CC3)nn2)CC1)Nc1ccc(C(F)(F)F)cc1. The zero-order chi connectivity index (χ0) is 20.4. The molecule has 1 aromatic heterocycles. The van der Waals surface area contributed by atoms with E-state index >= 15 is 0 Å². The molecule has 0 atom stereocenters. The molecule has 0 radical (unpaired) electrons. The molecule has 1 saturated carbocycles. The van der Waals surface area contributed by atoms with Gasteiger partial charge in [0.25, 0.3) is 0 Å². The van der Waals surface area contributed by atoms with Gasteiger partial charge in [-0.25, -0.2) is 0 Å². The van der Waals surface area contributed by atoms with Crippen LogP contribution >= 0.6 is 0 Å². The number of nitrogens with zero attached hydrogens (tertiary/aromatic N) is 4. The van der Waals surface area contributed by atoms with Crippen LogP contribution in [0.15, 0.2) is 36.4 Å². The van der Waals surface area contributed by atoms with Gasteiger partial charge in [0.05, 0.1) is 17.8 Å². The van der Waals surface area contributed by atoms with Crippen molar-refractivity contribution in [2.24, 2.45) is 0 Å². The van der Waals surface area contributed by atoms with Gasteiger partial charge in [0.2, 0.25) is 5.91 Å². The second-order valence-electron chi connectivity index (χ2n) is 7.48. The lowest BCUT2D eigenvalue weighted by atomic mass is 10.2. The van der Waals surface area contributed by atoms with E-state index in [1.54, 1.807) is 0 Å². The molecule has 1 N–H and O–H groups in total. The van der Waals surface area contributed by atoms with Crippen molar-refractivity contribution in [2.75, 3.05) is 42.9 Å². The number of carbonyl (C=O) groups is 1. The van der Waals surface area contributed by atoms with E-state index in [9.17, 15) is 18.0 Å². The molecule has 1 amide bonds. The number of carbonyl (C=O) groups excluding carboxylic acids is 1. The molecule has 0 bridgehead atoms. The van der Waals surface area contributed by atoms with E-state index in [0.717, 1.165) is 36.7 Å². The summed E-state index contributed by atoms with van der Waals surface area (Å²) in [5.41, 5.74) is 0.680. The van der Waals surface area contributed by atoms with Gasteiger partial charge in [-0.15, -0.1) is 5.10 Å². The summed E-state index contributed by atoms with van der Waals surface area (Å²) in [7, 11) is 0. The summed E-state index contributed by atoms with van der Waals surface area (Å²) in [6.45, 7) is 3.08. The van der Waals surface area contributed by atoms with Gasteiger partial charge in [0.15, 0.2) is 5.82 Å². The predicted molar refractivity (Wildman–Crippen MR) is 103 cm³/mol. The molecule has 2 aromatic rings. The molecule has 1 aliphatic carbocycles. The van der Waals surface area contributed by atoms with Crippen LogP contribution in [0, 0.1) is 0 Å². The molecule has 2 heterocycles. The third kappa shape index (κ3) is 5.03. The minimum atomic E-state index is -4.38. The topological polar surface area (TPSA) is 61.4 Å². The highest BCUT2D eigenvalue weighted by Gasteiger charge is 2.30. The maximum Gasteiger partial charge on any atom is 0.416 e. The highest BCUT2D eigenvalue weighted by Crippen LogP contribution is 2.38. The number of benzene rings is 1. The lowest BCUT2D eigenvalue weighted by molar-refractivity contribution is -0.137. The van der Waals surface area contributed by atoms with Crippen LogP contribution in [-0.2, 0) is 11.0 Å². The largest absolute Gasteiger partial charge is 0.416 e. The van der Waals surface area contributed by atoms with E-state index in [1.165, 1.54) is 25.0 Å². The highest BCUT2D eigenvalue weighted by molar-refractivity contribution is 5.92.